The fraction of sp³-hybridized carbons (Fsp3) is 0.667. The number of anilines is 1. The summed E-state index contributed by atoms with van der Waals surface area (Å²) in [5, 5.41) is 3.38. The second kappa shape index (κ2) is 17.6. The summed E-state index contributed by atoms with van der Waals surface area (Å²) in [4.78, 5) is 4.50. The predicted octanol–water partition coefficient (Wildman–Crippen LogP) is 10.3. The highest BCUT2D eigenvalue weighted by Gasteiger charge is 2.34. The third kappa shape index (κ3) is 16.1. The first-order valence-corrected chi connectivity index (χ1v) is 18.0. The number of ether oxygens (including phenoxy) is 1. The first-order chi connectivity index (χ1) is 19.3. The Morgan fingerprint density at radius 3 is 2.02 bits per heavy atom. The van der Waals surface area contributed by atoms with Crippen molar-refractivity contribution in [3.05, 3.63) is 42.6 Å². The van der Waals surface area contributed by atoms with E-state index in [1.54, 1.807) is 0 Å². The zero-order chi connectivity index (χ0) is 30.4. The van der Waals surface area contributed by atoms with E-state index >= 15 is 0 Å². The molecule has 0 unspecified atom stereocenters. The summed E-state index contributed by atoms with van der Waals surface area (Å²) in [6, 6.07) is 12.3. The first kappa shape index (κ1) is 35.7. The van der Waals surface area contributed by atoms with Gasteiger partial charge in [0.05, 0.1) is 23.9 Å². The van der Waals surface area contributed by atoms with Crippen LogP contribution in [-0.4, -0.2) is 35.4 Å². The summed E-state index contributed by atoms with van der Waals surface area (Å²) in [5.41, 5.74) is 1.21. The molecule has 1 N–H and O–H groups in total. The Morgan fingerprint density at radius 2 is 1.41 bits per heavy atom. The predicted molar refractivity (Wildman–Crippen MR) is 177 cm³/mol. The summed E-state index contributed by atoms with van der Waals surface area (Å²) in [7, 11) is 0. The second-order valence-electron chi connectivity index (χ2n) is 12.8. The van der Waals surface area contributed by atoms with E-state index < -0.39 is 17.9 Å². The minimum Gasteiger partial charge on any atom is -0.494 e. The van der Waals surface area contributed by atoms with Gasteiger partial charge < -0.3 is 23.6 Å². The molecule has 1 aromatic heterocycles. The summed E-state index contributed by atoms with van der Waals surface area (Å²) in [6.45, 7) is 14.3. The quantitative estimate of drug-likeness (QED) is 0.126. The number of aromatic nitrogens is 1. The summed E-state index contributed by atoms with van der Waals surface area (Å²) >= 11 is 5.77. The number of rotatable bonds is 19. The van der Waals surface area contributed by atoms with Crippen molar-refractivity contribution in [2.24, 2.45) is 0 Å². The van der Waals surface area contributed by atoms with Gasteiger partial charge in [-0.3, -0.25) is 0 Å². The van der Waals surface area contributed by atoms with Gasteiger partial charge in [-0.05, 0) is 102 Å². The molecule has 1 aromatic carbocycles. The maximum atomic E-state index is 6.21. The lowest BCUT2D eigenvalue weighted by Crippen LogP contribution is -2.28. The molecule has 1 atom stereocenters. The van der Waals surface area contributed by atoms with Crippen molar-refractivity contribution in [3.8, 4) is 16.9 Å². The van der Waals surface area contributed by atoms with E-state index in [-0.39, 0.29) is 6.10 Å². The van der Waals surface area contributed by atoms with E-state index in [9.17, 15) is 0 Å². The van der Waals surface area contributed by atoms with Crippen LogP contribution < -0.4 is 10.1 Å². The SMILES string of the molecule is CCCCCCCCCCCOc1cccc(-c2ccnc(NC[C@@H](C)OP(=S)(OC(C)(C)C)OC(C)(C)C)c2)c1. The van der Waals surface area contributed by atoms with Crippen LogP contribution in [0.1, 0.15) is 113 Å². The molecule has 2 aromatic rings. The molecule has 0 spiro atoms. The van der Waals surface area contributed by atoms with Gasteiger partial charge in [-0.2, -0.15) is 0 Å². The van der Waals surface area contributed by atoms with Crippen molar-refractivity contribution >= 4 is 24.3 Å². The van der Waals surface area contributed by atoms with E-state index in [1.807, 2.05) is 78.9 Å². The van der Waals surface area contributed by atoms with Crippen molar-refractivity contribution in [2.75, 3.05) is 18.5 Å². The van der Waals surface area contributed by atoms with Gasteiger partial charge in [-0.25, -0.2) is 4.98 Å². The number of nitrogens with one attached hydrogen (secondary N) is 1. The monoisotopic (exact) mass is 606 g/mol. The Hall–Kier alpha value is -1.50. The molecule has 8 heteroatoms. The minimum absolute atomic E-state index is 0.242. The van der Waals surface area contributed by atoms with E-state index in [0.29, 0.717) is 6.54 Å². The van der Waals surface area contributed by atoms with Crippen molar-refractivity contribution < 1.29 is 18.3 Å². The van der Waals surface area contributed by atoms with Gasteiger partial charge in [-0.15, -0.1) is 0 Å². The van der Waals surface area contributed by atoms with Crippen molar-refractivity contribution in [2.45, 2.75) is 130 Å². The molecule has 0 saturated carbocycles. The number of pyridine rings is 1. The zero-order valence-corrected chi connectivity index (χ0v) is 28.5. The Labute approximate surface area is 255 Å². The number of nitrogens with zero attached hydrogens (tertiary/aromatic N) is 1. The molecular weight excluding hydrogens is 551 g/mol. The molecule has 0 aliphatic heterocycles. The molecule has 6 nitrogen and oxygen atoms in total. The molecule has 0 saturated heterocycles. The highest BCUT2D eigenvalue weighted by molar-refractivity contribution is 8.07. The van der Waals surface area contributed by atoms with Gasteiger partial charge in [0.1, 0.15) is 11.6 Å². The topological polar surface area (TPSA) is 61.8 Å². The zero-order valence-electron chi connectivity index (χ0n) is 26.8. The Balaban J connectivity index is 1.87. The Kier molecular flexibility index (Phi) is 15.3. The van der Waals surface area contributed by atoms with E-state index in [1.165, 1.54) is 51.4 Å². The molecule has 0 bridgehead atoms. The van der Waals surface area contributed by atoms with Crippen LogP contribution in [0.3, 0.4) is 0 Å². The average molecular weight is 607 g/mol. The van der Waals surface area contributed by atoms with Crippen molar-refractivity contribution in [1.82, 2.24) is 4.98 Å². The van der Waals surface area contributed by atoms with Crippen LogP contribution in [0.5, 0.6) is 5.75 Å². The lowest BCUT2D eigenvalue weighted by Gasteiger charge is -2.35. The lowest BCUT2D eigenvalue weighted by atomic mass is 10.1. The van der Waals surface area contributed by atoms with E-state index in [2.05, 4.69) is 29.4 Å². The normalized spacial score (nSPS) is 13.3. The second-order valence-corrected chi connectivity index (χ2v) is 15.6. The van der Waals surface area contributed by atoms with Crippen LogP contribution >= 0.6 is 6.72 Å². The molecule has 2 rings (SSSR count). The van der Waals surface area contributed by atoms with Crippen molar-refractivity contribution in [3.63, 3.8) is 0 Å². The van der Waals surface area contributed by atoms with Crippen LogP contribution in [0.15, 0.2) is 42.6 Å². The molecular formula is C33H55N2O4PS. The van der Waals surface area contributed by atoms with Crippen LogP contribution in [0.2, 0.25) is 0 Å². The number of unbranched alkanes of at least 4 members (excludes halogenated alkanes) is 8. The highest BCUT2D eigenvalue weighted by atomic mass is 32.5. The molecule has 0 aliphatic rings. The first-order valence-electron chi connectivity index (χ1n) is 15.4. The van der Waals surface area contributed by atoms with Crippen LogP contribution in [0, 0.1) is 0 Å². The smallest absolute Gasteiger partial charge is 0.328 e. The number of hydrogen-bond acceptors (Lipinski definition) is 7. The largest absolute Gasteiger partial charge is 0.494 e. The Morgan fingerprint density at radius 1 is 0.829 bits per heavy atom. The highest BCUT2D eigenvalue weighted by Crippen LogP contribution is 2.56. The molecule has 0 aliphatic carbocycles. The van der Waals surface area contributed by atoms with E-state index in [0.717, 1.165) is 35.7 Å². The summed E-state index contributed by atoms with van der Waals surface area (Å²) < 4.78 is 24.5. The van der Waals surface area contributed by atoms with Gasteiger partial charge in [0.15, 0.2) is 0 Å². The number of benzene rings is 1. The summed E-state index contributed by atoms with van der Waals surface area (Å²) in [6.07, 6.45) is 13.4. The van der Waals surface area contributed by atoms with Gasteiger partial charge in [0, 0.05) is 12.7 Å². The Bertz CT molecular complexity index is 1050. The molecule has 0 amide bonds. The lowest BCUT2D eigenvalue weighted by molar-refractivity contribution is 0.0207. The molecule has 232 valence electrons. The van der Waals surface area contributed by atoms with Gasteiger partial charge in [-0.1, -0.05) is 70.4 Å². The van der Waals surface area contributed by atoms with Gasteiger partial charge in [0.2, 0.25) is 0 Å². The standard InChI is InChI=1S/C33H55N2O4PS/c1-9-10-11-12-13-14-15-16-17-23-36-30-20-18-19-28(24-30)29-21-22-34-31(25-29)35-26-27(2)37-40(41,38-32(3,4)5)39-33(6,7)8/h18-22,24-25,27H,9-17,23,26H2,1-8H3,(H,34,35)/t27-/m1/s1. The maximum absolute atomic E-state index is 6.21. The molecule has 0 radical (unpaired) electrons. The summed E-state index contributed by atoms with van der Waals surface area (Å²) in [5.74, 6) is 1.67. The molecule has 0 fully saturated rings. The van der Waals surface area contributed by atoms with Crippen LogP contribution in [0.4, 0.5) is 5.82 Å². The van der Waals surface area contributed by atoms with Crippen LogP contribution in [0.25, 0.3) is 11.1 Å². The van der Waals surface area contributed by atoms with Crippen molar-refractivity contribution in [1.29, 1.82) is 0 Å². The molecule has 1 heterocycles. The van der Waals surface area contributed by atoms with Gasteiger partial charge >= 0.3 is 6.72 Å². The third-order valence-corrected chi connectivity index (χ3v) is 8.96. The molecule has 41 heavy (non-hydrogen) atoms. The fourth-order valence-electron chi connectivity index (χ4n) is 4.31. The van der Waals surface area contributed by atoms with E-state index in [4.69, 9.17) is 30.1 Å². The number of hydrogen-bond donors (Lipinski definition) is 1. The minimum atomic E-state index is -2.97. The third-order valence-electron chi connectivity index (χ3n) is 6.09. The maximum Gasteiger partial charge on any atom is 0.328 e. The van der Waals surface area contributed by atoms with Gasteiger partial charge in [0.25, 0.3) is 0 Å². The van der Waals surface area contributed by atoms with Crippen LogP contribution in [-0.2, 0) is 25.4 Å². The average Bonchev–Trinajstić information content (AvgIpc) is 2.86. The fourth-order valence-corrected chi connectivity index (χ4v) is 8.08.